The fourth-order valence-electron chi connectivity index (χ4n) is 2.78. The third-order valence-corrected chi connectivity index (χ3v) is 4.14. The van der Waals surface area contributed by atoms with Crippen LogP contribution in [0, 0.1) is 0 Å². The molecule has 0 amide bonds. The molecular formula is C17H17NOS. The number of thiocarbonyl (C=S) groups is 1. The lowest BCUT2D eigenvalue weighted by Crippen LogP contribution is -2.22. The van der Waals surface area contributed by atoms with Crippen LogP contribution in [0.4, 0.5) is 5.69 Å². The van der Waals surface area contributed by atoms with Crippen LogP contribution in [0.1, 0.15) is 35.7 Å². The van der Waals surface area contributed by atoms with Gasteiger partial charge in [-0.1, -0.05) is 49.8 Å². The van der Waals surface area contributed by atoms with Gasteiger partial charge in [0.1, 0.15) is 0 Å². The van der Waals surface area contributed by atoms with Crippen molar-refractivity contribution in [2.75, 3.05) is 11.9 Å². The average Bonchev–Trinajstić information content (AvgIpc) is 2.46. The van der Waals surface area contributed by atoms with E-state index >= 15 is 0 Å². The van der Waals surface area contributed by atoms with Gasteiger partial charge < -0.3 is 5.32 Å². The summed E-state index contributed by atoms with van der Waals surface area (Å²) in [6, 6.07) is 10.2. The Kier molecular flexibility index (Phi) is 3.53. The van der Waals surface area contributed by atoms with Crippen molar-refractivity contribution in [1.82, 2.24) is 0 Å². The van der Waals surface area contributed by atoms with E-state index in [1.807, 2.05) is 12.1 Å². The Morgan fingerprint density at radius 2 is 2.10 bits per heavy atom. The first-order valence-corrected chi connectivity index (χ1v) is 7.49. The highest BCUT2D eigenvalue weighted by molar-refractivity contribution is 7.82. The van der Waals surface area contributed by atoms with Crippen LogP contribution in [0.3, 0.4) is 0 Å². The number of ketones is 1. The number of benzene rings is 2. The maximum absolute atomic E-state index is 12.5. The number of carbonyl (C=O) groups is 1. The van der Waals surface area contributed by atoms with Crippen LogP contribution in [0.25, 0.3) is 10.8 Å². The molecule has 2 aromatic rings. The molecule has 2 nitrogen and oxygen atoms in total. The number of Topliss-reactive ketones (excluding diaryl/α,β-unsaturated/α-hetero) is 1. The lowest BCUT2D eigenvalue weighted by atomic mass is 9.86. The lowest BCUT2D eigenvalue weighted by molar-refractivity contribution is 0.106. The topological polar surface area (TPSA) is 29.1 Å². The molecule has 3 rings (SSSR count). The number of hydrogen-bond donors (Lipinski definition) is 1. The Hall–Kier alpha value is -1.74. The van der Waals surface area contributed by atoms with Crippen molar-refractivity contribution in [3.05, 3.63) is 41.5 Å². The maximum Gasteiger partial charge on any atom is 0.202 e. The van der Waals surface area contributed by atoms with Crippen LogP contribution < -0.4 is 5.32 Å². The van der Waals surface area contributed by atoms with E-state index in [0.717, 1.165) is 41.4 Å². The molecule has 0 atom stereocenters. The van der Waals surface area contributed by atoms with Gasteiger partial charge in [0.05, 0.1) is 10.4 Å². The molecule has 1 aliphatic rings. The smallest absolute Gasteiger partial charge is 0.202 e. The second-order valence-corrected chi connectivity index (χ2v) is 5.71. The van der Waals surface area contributed by atoms with E-state index < -0.39 is 0 Å². The minimum atomic E-state index is 0.0169. The second kappa shape index (κ2) is 5.33. The van der Waals surface area contributed by atoms with E-state index in [1.54, 1.807) is 0 Å². The van der Waals surface area contributed by atoms with Gasteiger partial charge in [0.15, 0.2) is 0 Å². The molecule has 0 saturated carbocycles. The quantitative estimate of drug-likeness (QED) is 0.675. The summed E-state index contributed by atoms with van der Waals surface area (Å²) in [5.74, 6) is 0.0169. The summed E-state index contributed by atoms with van der Waals surface area (Å²) in [5.41, 5.74) is 2.86. The van der Waals surface area contributed by atoms with Crippen molar-refractivity contribution >= 4 is 39.3 Å². The Balaban J connectivity index is 2.17. The summed E-state index contributed by atoms with van der Waals surface area (Å²) in [6.07, 6.45) is 2.82. The summed E-state index contributed by atoms with van der Waals surface area (Å²) in [7, 11) is 0. The van der Waals surface area contributed by atoms with Crippen LogP contribution in [0.15, 0.2) is 30.3 Å². The number of carbonyl (C=O) groups excluding carboxylic acids is 1. The molecule has 0 aliphatic heterocycles. The normalized spacial score (nSPS) is 13.8. The number of unbranched alkanes of at least 4 members (excludes halogenated alkanes) is 1. The van der Waals surface area contributed by atoms with Crippen LogP contribution in [-0.4, -0.2) is 17.2 Å². The predicted molar refractivity (Wildman–Crippen MR) is 88.0 cm³/mol. The minimum Gasteiger partial charge on any atom is -0.384 e. The van der Waals surface area contributed by atoms with Crippen LogP contribution >= 0.6 is 12.2 Å². The molecule has 1 N–H and O–H groups in total. The monoisotopic (exact) mass is 283 g/mol. The van der Waals surface area contributed by atoms with Gasteiger partial charge >= 0.3 is 0 Å². The Morgan fingerprint density at radius 3 is 2.90 bits per heavy atom. The molecule has 0 spiro atoms. The van der Waals surface area contributed by atoms with Gasteiger partial charge in [0.2, 0.25) is 5.78 Å². The number of rotatable bonds is 4. The molecule has 102 valence electrons. The van der Waals surface area contributed by atoms with E-state index in [1.165, 1.54) is 5.56 Å². The van der Waals surface area contributed by atoms with E-state index in [-0.39, 0.29) is 5.78 Å². The Morgan fingerprint density at radius 1 is 1.25 bits per heavy atom. The highest BCUT2D eigenvalue weighted by Crippen LogP contribution is 2.33. The standard InChI is InChI=1S/C17H17NOS/c1-2-3-9-18-13-8-7-11-5-4-6-12-10-14(20)17(19)16(13)15(11)12/h4-8,18H,2-3,9-10H2,1H3. The highest BCUT2D eigenvalue weighted by atomic mass is 32.1. The van der Waals surface area contributed by atoms with Crippen molar-refractivity contribution < 1.29 is 4.79 Å². The predicted octanol–water partition coefficient (Wildman–Crippen LogP) is 4.16. The van der Waals surface area contributed by atoms with Crippen molar-refractivity contribution in [3.63, 3.8) is 0 Å². The van der Waals surface area contributed by atoms with Crippen molar-refractivity contribution in [2.45, 2.75) is 26.2 Å². The van der Waals surface area contributed by atoms with Crippen LogP contribution in [0.2, 0.25) is 0 Å². The SMILES string of the molecule is CCCCNc1ccc2cccc3c2c1C(=O)C(=S)C3. The summed E-state index contributed by atoms with van der Waals surface area (Å²) < 4.78 is 0. The molecule has 0 radical (unpaired) electrons. The van der Waals surface area contributed by atoms with Gasteiger partial charge in [-0.15, -0.1) is 0 Å². The van der Waals surface area contributed by atoms with Gasteiger partial charge in [-0.05, 0) is 28.8 Å². The fourth-order valence-corrected chi connectivity index (χ4v) is 3.04. The first-order chi connectivity index (χ1) is 9.72. The molecule has 20 heavy (non-hydrogen) atoms. The third-order valence-electron chi connectivity index (χ3n) is 3.81. The van der Waals surface area contributed by atoms with Gasteiger partial charge in [0.25, 0.3) is 0 Å². The Bertz CT molecular complexity index is 705. The number of hydrogen-bond acceptors (Lipinski definition) is 3. The largest absolute Gasteiger partial charge is 0.384 e. The van der Waals surface area contributed by atoms with Gasteiger partial charge in [-0.3, -0.25) is 4.79 Å². The molecule has 3 heteroatoms. The van der Waals surface area contributed by atoms with Gasteiger partial charge in [-0.25, -0.2) is 0 Å². The summed E-state index contributed by atoms with van der Waals surface area (Å²) in [5, 5.41) is 5.59. The third kappa shape index (κ3) is 2.12. The Labute approximate surface area is 124 Å². The number of nitrogens with one attached hydrogen (secondary N) is 1. The van der Waals surface area contributed by atoms with Crippen molar-refractivity contribution in [1.29, 1.82) is 0 Å². The molecule has 1 aliphatic carbocycles. The average molecular weight is 283 g/mol. The first-order valence-electron chi connectivity index (χ1n) is 7.08. The second-order valence-electron chi connectivity index (χ2n) is 5.21. The molecule has 2 aromatic carbocycles. The fraction of sp³-hybridized carbons (Fsp3) is 0.294. The summed E-state index contributed by atoms with van der Waals surface area (Å²) >= 11 is 5.27. The number of anilines is 1. The van der Waals surface area contributed by atoms with Crippen LogP contribution in [0.5, 0.6) is 0 Å². The minimum absolute atomic E-state index is 0.0169. The highest BCUT2D eigenvalue weighted by Gasteiger charge is 2.26. The zero-order chi connectivity index (χ0) is 14.1. The van der Waals surface area contributed by atoms with Gasteiger partial charge in [0, 0.05) is 18.7 Å². The van der Waals surface area contributed by atoms with E-state index in [9.17, 15) is 4.79 Å². The summed E-state index contributed by atoms with van der Waals surface area (Å²) in [4.78, 5) is 13.0. The molecule has 0 unspecified atom stereocenters. The maximum atomic E-state index is 12.5. The zero-order valence-corrected chi connectivity index (χ0v) is 12.3. The van der Waals surface area contributed by atoms with Crippen LogP contribution in [-0.2, 0) is 6.42 Å². The molecule has 0 fully saturated rings. The summed E-state index contributed by atoms with van der Waals surface area (Å²) in [6.45, 7) is 3.04. The van der Waals surface area contributed by atoms with E-state index in [0.29, 0.717) is 11.3 Å². The zero-order valence-electron chi connectivity index (χ0n) is 11.5. The molecule has 0 saturated heterocycles. The van der Waals surface area contributed by atoms with E-state index in [4.69, 9.17) is 12.2 Å². The molecular weight excluding hydrogens is 266 g/mol. The van der Waals surface area contributed by atoms with Crippen molar-refractivity contribution in [3.8, 4) is 0 Å². The van der Waals surface area contributed by atoms with Crippen molar-refractivity contribution in [2.24, 2.45) is 0 Å². The van der Waals surface area contributed by atoms with Gasteiger partial charge in [-0.2, -0.15) is 0 Å². The first kappa shape index (κ1) is 13.3. The molecule has 0 heterocycles. The molecule has 0 bridgehead atoms. The van der Waals surface area contributed by atoms with E-state index in [2.05, 4.69) is 30.4 Å². The molecule has 0 aromatic heterocycles. The lowest BCUT2D eigenvalue weighted by Gasteiger charge is -2.20.